The third kappa shape index (κ3) is 4.09. The van der Waals surface area contributed by atoms with Gasteiger partial charge in [0.2, 0.25) is 4.96 Å². The first-order valence-corrected chi connectivity index (χ1v) is 10.1. The lowest BCUT2D eigenvalue weighted by atomic mass is 10.0. The molecule has 3 heterocycles. The summed E-state index contributed by atoms with van der Waals surface area (Å²) in [6, 6.07) is 6.94. The summed E-state index contributed by atoms with van der Waals surface area (Å²) in [5.74, 6) is 0.627. The van der Waals surface area contributed by atoms with E-state index in [1.165, 1.54) is 21.9 Å². The van der Waals surface area contributed by atoms with E-state index in [-0.39, 0.29) is 24.4 Å². The van der Waals surface area contributed by atoms with Crippen LogP contribution in [0.3, 0.4) is 0 Å². The maximum atomic E-state index is 12.1. The van der Waals surface area contributed by atoms with Gasteiger partial charge in [-0.25, -0.2) is 9.78 Å². The van der Waals surface area contributed by atoms with Crippen LogP contribution in [0.25, 0.3) is 4.96 Å². The first kappa shape index (κ1) is 19.4. The van der Waals surface area contributed by atoms with E-state index >= 15 is 0 Å². The van der Waals surface area contributed by atoms with Crippen LogP contribution in [-0.4, -0.2) is 32.8 Å². The van der Waals surface area contributed by atoms with E-state index in [9.17, 15) is 9.59 Å². The summed E-state index contributed by atoms with van der Waals surface area (Å²) in [5.41, 5.74) is 0.831. The average Bonchev–Trinajstić information content (AvgIpc) is 3.24. The molecular formula is C20H21N3O5S. The van der Waals surface area contributed by atoms with Gasteiger partial charge >= 0.3 is 5.97 Å². The molecule has 0 bridgehead atoms. The molecule has 4 rings (SSSR count). The number of carbonyl (C=O) groups excluding carboxylic acids is 1. The molecule has 0 saturated carbocycles. The lowest BCUT2D eigenvalue weighted by Gasteiger charge is -2.18. The number of hydrogen-bond acceptors (Lipinski definition) is 8. The van der Waals surface area contributed by atoms with E-state index in [2.05, 4.69) is 10.1 Å². The normalized spacial score (nSPS) is 14.4. The summed E-state index contributed by atoms with van der Waals surface area (Å²) < 4.78 is 18.0. The molecule has 0 unspecified atom stereocenters. The van der Waals surface area contributed by atoms with Gasteiger partial charge in [0, 0.05) is 18.1 Å². The van der Waals surface area contributed by atoms with Crippen LogP contribution in [0, 0.1) is 0 Å². The smallest absolute Gasteiger partial charge is 0.344 e. The number of aromatic nitrogens is 3. The van der Waals surface area contributed by atoms with Gasteiger partial charge in [-0.2, -0.15) is 9.61 Å². The second-order valence-corrected chi connectivity index (χ2v) is 8.40. The zero-order valence-electron chi connectivity index (χ0n) is 16.4. The molecule has 0 fully saturated rings. The van der Waals surface area contributed by atoms with Crippen LogP contribution < -0.4 is 15.0 Å². The number of esters is 1. The Kier molecular flexibility index (Phi) is 4.99. The fourth-order valence-electron chi connectivity index (χ4n) is 3.15. The van der Waals surface area contributed by atoms with Gasteiger partial charge in [0.1, 0.15) is 17.2 Å². The molecule has 8 nitrogen and oxygen atoms in total. The summed E-state index contributed by atoms with van der Waals surface area (Å²) in [6.45, 7) is 5.60. The molecule has 0 N–H and O–H groups in total. The van der Waals surface area contributed by atoms with E-state index in [4.69, 9.17) is 14.2 Å². The fourth-order valence-corrected chi connectivity index (χ4v) is 4.00. The Morgan fingerprint density at radius 3 is 3.00 bits per heavy atom. The minimum atomic E-state index is -0.555. The molecule has 0 atom stereocenters. The van der Waals surface area contributed by atoms with Crippen molar-refractivity contribution in [2.24, 2.45) is 0 Å². The molecule has 2 aromatic heterocycles. The van der Waals surface area contributed by atoms with Crippen molar-refractivity contribution in [3.05, 3.63) is 50.9 Å². The molecule has 152 valence electrons. The minimum Gasteiger partial charge on any atom is -0.483 e. The minimum absolute atomic E-state index is 0.107. The first-order chi connectivity index (χ1) is 13.8. The van der Waals surface area contributed by atoms with Crippen molar-refractivity contribution in [1.29, 1.82) is 0 Å². The van der Waals surface area contributed by atoms with E-state index in [0.29, 0.717) is 22.2 Å². The largest absolute Gasteiger partial charge is 0.483 e. The molecule has 29 heavy (non-hydrogen) atoms. The highest BCUT2D eigenvalue weighted by Crippen LogP contribution is 2.41. The second-order valence-electron chi connectivity index (χ2n) is 7.36. The van der Waals surface area contributed by atoms with Crippen LogP contribution in [0.4, 0.5) is 0 Å². The third-order valence-corrected chi connectivity index (χ3v) is 5.48. The SMILES string of the molecule is CCc1nn2c(=O)cc(COC(=O)COc3cccc4c3OC(C)(C)C4)nc2s1. The Morgan fingerprint density at radius 2 is 2.21 bits per heavy atom. The van der Waals surface area contributed by atoms with E-state index in [0.717, 1.165) is 23.4 Å². The molecule has 0 radical (unpaired) electrons. The first-order valence-electron chi connectivity index (χ1n) is 9.32. The Balaban J connectivity index is 1.38. The Labute approximate surface area is 171 Å². The van der Waals surface area contributed by atoms with Crippen molar-refractivity contribution >= 4 is 22.3 Å². The van der Waals surface area contributed by atoms with E-state index < -0.39 is 5.97 Å². The number of nitrogens with zero attached hydrogens (tertiary/aromatic N) is 3. The molecule has 0 spiro atoms. The number of para-hydroxylation sites is 1. The van der Waals surface area contributed by atoms with Gasteiger partial charge in [-0.3, -0.25) is 4.79 Å². The lowest BCUT2D eigenvalue weighted by molar-refractivity contribution is -0.147. The topological polar surface area (TPSA) is 92.0 Å². The van der Waals surface area contributed by atoms with Crippen LogP contribution in [0.2, 0.25) is 0 Å². The summed E-state index contributed by atoms with van der Waals surface area (Å²) in [7, 11) is 0. The number of carbonyl (C=O) groups is 1. The van der Waals surface area contributed by atoms with Gasteiger partial charge in [-0.15, -0.1) is 0 Å². The maximum absolute atomic E-state index is 12.1. The molecule has 1 aliphatic heterocycles. The molecule has 0 amide bonds. The molecule has 1 aromatic carbocycles. The van der Waals surface area contributed by atoms with Gasteiger partial charge in [-0.05, 0) is 26.3 Å². The molecular weight excluding hydrogens is 394 g/mol. The summed E-state index contributed by atoms with van der Waals surface area (Å²) in [4.78, 5) is 29.1. The predicted molar refractivity (Wildman–Crippen MR) is 107 cm³/mol. The number of benzene rings is 1. The highest BCUT2D eigenvalue weighted by molar-refractivity contribution is 7.16. The zero-order valence-corrected chi connectivity index (χ0v) is 17.2. The van der Waals surface area contributed by atoms with Crippen molar-refractivity contribution in [2.75, 3.05) is 6.61 Å². The monoisotopic (exact) mass is 415 g/mol. The average molecular weight is 415 g/mol. The number of hydrogen-bond donors (Lipinski definition) is 0. The highest BCUT2D eigenvalue weighted by atomic mass is 32.1. The summed E-state index contributed by atoms with van der Waals surface area (Å²) in [6.07, 6.45) is 1.50. The number of fused-ring (bicyclic) bond motifs is 2. The lowest BCUT2D eigenvalue weighted by Crippen LogP contribution is -2.25. The zero-order chi connectivity index (χ0) is 20.6. The summed E-state index contributed by atoms with van der Waals surface area (Å²) >= 11 is 1.34. The number of ether oxygens (including phenoxy) is 3. The van der Waals surface area contributed by atoms with Gasteiger partial charge < -0.3 is 14.2 Å². The van der Waals surface area contributed by atoms with Gasteiger partial charge in [0.05, 0.1) is 5.69 Å². The van der Waals surface area contributed by atoms with Crippen LogP contribution in [0.1, 0.15) is 37.0 Å². The van der Waals surface area contributed by atoms with E-state index in [1.54, 1.807) is 6.07 Å². The molecule has 1 aliphatic rings. The molecule has 3 aromatic rings. The van der Waals surface area contributed by atoms with Crippen molar-refractivity contribution in [2.45, 2.75) is 45.8 Å². The van der Waals surface area contributed by atoms with Crippen molar-refractivity contribution in [1.82, 2.24) is 14.6 Å². The Hall–Kier alpha value is -2.94. The maximum Gasteiger partial charge on any atom is 0.344 e. The second kappa shape index (κ2) is 7.47. The van der Waals surface area contributed by atoms with Crippen LogP contribution in [0.5, 0.6) is 11.5 Å². The van der Waals surface area contributed by atoms with Crippen molar-refractivity contribution in [3.8, 4) is 11.5 Å². The van der Waals surface area contributed by atoms with Crippen LogP contribution in [0.15, 0.2) is 29.1 Å². The van der Waals surface area contributed by atoms with Gasteiger partial charge in [0.15, 0.2) is 18.1 Å². The third-order valence-electron chi connectivity index (χ3n) is 4.42. The summed E-state index contributed by atoms with van der Waals surface area (Å²) in [5, 5.41) is 5.01. The highest BCUT2D eigenvalue weighted by Gasteiger charge is 2.32. The van der Waals surface area contributed by atoms with Crippen LogP contribution in [-0.2, 0) is 29.0 Å². The molecule has 0 aliphatic carbocycles. The Morgan fingerprint density at radius 1 is 1.38 bits per heavy atom. The fraction of sp³-hybridized carbons (Fsp3) is 0.400. The van der Waals surface area contributed by atoms with Gasteiger partial charge in [0.25, 0.3) is 5.56 Å². The van der Waals surface area contributed by atoms with Gasteiger partial charge in [-0.1, -0.05) is 30.4 Å². The predicted octanol–water partition coefficient (Wildman–Crippen LogP) is 2.55. The number of rotatable bonds is 6. The molecule has 0 saturated heterocycles. The Bertz CT molecular complexity index is 1130. The standard InChI is InChI=1S/C20H21N3O5S/c1-4-15-22-23-16(24)8-13(21-19(23)29-15)10-27-17(25)11-26-14-7-5-6-12-9-20(2,3)28-18(12)14/h5-8H,4,9-11H2,1-3H3. The quantitative estimate of drug-likeness (QED) is 0.571. The van der Waals surface area contributed by atoms with Crippen molar-refractivity contribution < 1.29 is 19.0 Å². The van der Waals surface area contributed by atoms with E-state index in [1.807, 2.05) is 32.9 Å². The molecule has 9 heteroatoms. The number of aryl methyl sites for hydroxylation is 1. The van der Waals surface area contributed by atoms with Crippen molar-refractivity contribution in [3.63, 3.8) is 0 Å². The van der Waals surface area contributed by atoms with Crippen LogP contribution >= 0.6 is 11.3 Å².